The molecule has 1 aromatic rings. The van der Waals surface area contributed by atoms with Gasteiger partial charge in [-0.1, -0.05) is 31.4 Å². The highest BCUT2D eigenvalue weighted by atomic mass is 35.5. The van der Waals surface area contributed by atoms with Gasteiger partial charge in [0.2, 0.25) is 0 Å². The molecule has 1 atom stereocenters. The lowest BCUT2D eigenvalue weighted by molar-refractivity contribution is 0.216. The van der Waals surface area contributed by atoms with Gasteiger partial charge in [-0.15, -0.1) is 0 Å². The van der Waals surface area contributed by atoms with E-state index in [1.165, 1.54) is 19.3 Å². The monoisotopic (exact) mass is 269 g/mol. The van der Waals surface area contributed by atoms with E-state index < -0.39 is 0 Å². The van der Waals surface area contributed by atoms with Gasteiger partial charge >= 0.3 is 0 Å². The van der Waals surface area contributed by atoms with Crippen LogP contribution < -0.4 is 10.1 Å². The summed E-state index contributed by atoms with van der Waals surface area (Å²) in [6.45, 7) is 8.27. The molecule has 0 fully saturated rings. The predicted octanol–water partition coefficient (Wildman–Crippen LogP) is 4.20. The highest BCUT2D eigenvalue weighted by molar-refractivity contribution is 6.30. The summed E-state index contributed by atoms with van der Waals surface area (Å²) in [6, 6.07) is 5.73. The summed E-state index contributed by atoms with van der Waals surface area (Å²) < 4.78 is 5.89. The van der Waals surface area contributed by atoms with Crippen molar-refractivity contribution in [3.05, 3.63) is 28.8 Å². The summed E-state index contributed by atoms with van der Waals surface area (Å²) in [4.78, 5) is 0. The molecule has 0 aliphatic heterocycles. The van der Waals surface area contributed by atoms with Crippen molar-refractivity contribution in [1.82, 2.24) is 5.32 Å². The second-order valence-corrected chi connectivity index (χ2v) is 5.19. The van der Waals surface area contributed by atoms with E-state index in [2.05, 4.69) is 19.2 Å². The van der Waals surface area contributed by atoms with Crippen LogP contribution in [0.15, 0.2) is 18.2 Å². The lowest BCUT2D eigenvalue weighted by Gasteiger charge is -2.17. The lowest BCUT2D eigenvalue weighted by atomic mass is 10.2. The maximum atomic E-state index is 5.92. The first-order valence-electron chi connectivity index (χ1n) is 6.77. The molecule has 102 valence electrons. The van der Waals surface area contributed by atoms with Crippen LogP contribution in [0.3, 0.4) is 0 Å². The van der Waals surface area contributed by atoms with Gasteiger partial charge in [0.1, 0.15) is 11.9 Å². The number of ether oxygens (including phenoxy) is 1. The molecular formula is C15H24ClNO. The third-order valence-electron chi connectivity index (χ3n) is 2.85. The topological polar surface area (TPSA) is 21.3 Å². The molecule has 1 N–H and O–H groups in total. The van der Waals surface area contributed by atoms with Crippen molar-refractivity contribution in [3.63, 3.8) is 0 Å². The standard InChI is InChI=1S/C15H24ClNO/c1-4-5-6-9-17-11-13(3)18-15-8-7-14(16)10-12(15)2/h7-8,10,13,17H,4-6,9,11H2,1-3H3. The van der Waals surface area contributed by atoms with Crippen molar-refractivity contribution in [1.29, 1.82) is 0 Å². The molecule has 0 heterocycles. The summed E-state index contributed by atoms with van der Waals surface area (Å²) in [5.41, 5.74) is 1.08. The fourth-order valence-electron chi connectivity index (χ4n) is 1.81. The highest BCUT2D eigenvalue weighted by Crippen LogP contribution is 2.22. The quantitative estimate of drug-likeness (QED) is 0.715. The molecule has 18 heavy (non-hydrogen) atoms. The number of hydrogen-bond acceptors (Lipinski definition) is 2. The average molecular weight is 270 g/mol. The van der Waals surface area contributed by atoms with Gasteiger partial charge < -0.3 is 10.1 Å². The lowest BCUT2D eigenvalue weighted by Crippen LogP contribution is -2.29. The Hall–Kier alpha value is -0.730. The molecule has 3 heteroatoms. The van der Waals surface area contributed by atoms with Gasteiger partial charge in [0, 0.05) is 11.6 Å². The van der Waals surface area contributed by atoms with Gasteiger partial charge in [-0.25, -0.2) is 0 Å². The van der Waals surface area contributed by atoms with Crippen molar-refractivity contribution in [2.24, 2.45) is 0 Å². The average Bonchev–Trinajstić information content (AvgIpc) is 2.32. The highest BCUT2D eigenvalue weighted by Gasteiger charge is 2.06. The molecule has 0 bridgehead atoms. The second-order valence-electron chi connectivity index (χ2n) is 4.75. The Kier molecular flexibility index (Phi) is 7.14. The van der Waals surface area contributed by atoms with Crippen molar-refractivity contribution in [3.8, 4) is 5.75 Å². The molecular weight excluding hydrogens is 246 g/mol. The molecule has 0 aromatic heterocycles. The van der Waals surface area contributed by atoms with E-state index in [1.54, 1.807) is 0 Å². The van der Waals surface area contributed by atoms with Gasteiger partial charge in [0.15, 0.2) is 0 Å². The van der Waals surface area contributed by atoms with E-state index in [0.717, 1.165) is 29.4 Å². The van der Waals surface area contributed by atoms with Crippen LogP contribution in [0.4, 0.5) is 0 Å². The largest absolute Gasteiger partial charge is 0.489 e. The first-order chi connectivity index (χ1) is 8.63. The van der Waals surface area contributed by atoms with Crippen LogP contribution >= 0.6 is 11.6 Å². The number of benzene rings is 1. The van der Waals surface area contributed by atoms with Crippen LogP contribution in [0.2, 0.25) is 5.02 Å². The minimum absolute atomic E-state index is 0.173. The van der Waals surface area contributed by atoms with Crippen molar-refractivity contribution in [2.45, 2.75) is 46.1 Å². The summed E-state index contributed by atoms with van der Waals surface area (Å²) in [5, 5.41) is 4.17. The molecule has 1 rings (SSSR count). The molecule has 0 saturated heterocycles. The van der Waals surface area contributed by atoms with Crippen LogP contribution in [0, 0.1) is 6.92 Å². The normalized spacial score (nSPS) is 12.4. The van der Waals surface area contributed by atoms with Crippen molar-refractivity contribution in [2.75, 3.05) is 13.1 Å². The molecule has 0 aliphatic rings. The van der Waals surface area contributed by atoms with Gasteiger partial charge in [-0.05, 0) is 50.6 Å². The number of hydrogen-bond donors (Lipinski definition) is 1. The first-order valence-corrected chi connectivity index (χ1v) is 7.14. The third kappa shape index (κ3) is 5.74. The maximum absolute atomic E-state index is 5.92. The first kappa shape index (κ1) is 15.3. The van der Waals surface area contributed by atoms with E-state index >= 15 is 0 Å². The number of halogens is 1. The van der Waals surface area contributed by atoms with E-state index in [9.17, 15) is 0 Å². The van der Waals surface area contributed by atoms with Gasteiger partial charge in [-0.3, -0.25) is 0 Å². The fraction of sp³-hybridized carbons (Fsp3) is 0.600. The SMILES string of the molecule is CCCCCNCC(C)Oc1ccc(Cl)cc1C. The number of nitrogens with one attached hydrogen (secondary N) is 1. The maximum Gasteiger partial charge on any atom is 0.122 e. The number of rotatable bonds is 8. The Bertz CT molecular complexity index is 354. The zero-order valence-corrected chi connectivity index (χ0v) is 12.4. The zero-order valence-electron chi connectivity index (χ0n) is 11.6. The van der Waals surface area contributed by atoms with E-state index in [4.69, 9.17) is 16.3 Å². The molecule has 1 unspecified atom stereocenters. The molecule has 0 amide bonds. The van der Waals surface area contributed by atoms with Crippen LogP contribution in [0.1, 0.15) is 38.7 Å². The van der Waals surface area contributed by atoms with Crippen LogP contribution in [-0.2, 0) is 0 Å². The Balaban J connectivity index is 2.28. The smallest absolute Gasteiger partial charge is 0.122 e. The van der Waals surface area contributed by atoms with E-state index in [1.807, 2.05) is 25.1 Å². The third-order valence-corrected chi connectivity index (χ3v) is 3.09. The minimum Gasteiger partial charge on any atom is -0.489 e. The molecule has 0 saturated carbocycles. The summed E-state index contributed by atoms with van der Waals surface area (Å²) >= 11 is 5.92. The molecule has 0 radical (unpaired) electrons. The minimum atomic E-state index is 0.173. The number of aryl methyl sites for hydroxylation is 1. The summed E-state index contributed by atoms with van der Waals surface area (Å²) in [7, 11) is 0. The van der Waals surface area contributed by atoms with Crippen LogP contribution in [-0.4, -0.2) is 19.2 Å². The molecule has 1 aromatic carbocycles. The van der Waals surface area contributed by atoms with Crippen molar-refractivity contribution >= 4 is 11.6 Å². The van der Waals surface area contributed by atoms with Crippen LogP contribution in [0.5, 0.6) is 5.75 Å². The second kappa shape index (κ2) is 8.39. The zero-order chi connectivity index (χ0) is 13.4. The van der Waals surface area contributed by atoms with Gasteiger partial charge in [-0.2, -0.15) is 0 Å². The van der Waals surface area contributed by atoms with E-state index in [-0.39, 0.29) is 6.10 Å². The Morgan fingerprint density at radius 2 is 2.11 bits per heavy atom. The van der Waals surface area contributed by atoms with Gasteiger partial charge in [0.25, 0.3) is 0 Å². The van der Waals surface area contributed by atoms with Crippen LogP contribution in [0.25, 0.3) is 0 Å². The summed E-state index contributed by atoms with van der Waals surface area (Å²) in [5.74, 6) is 0.919. The van der Waals surface area contributed by atoms with Gasteiger partial charge in [0.05, 0.1) is 0 Å². The van der Waals surface area contributed by atoms with E-state index in [0.29, 0.717) is 0 Å². The number of unbranched alkanes of at least 4 members (excludes halogenated alkanes) is 2. The fourth-order valence-corrected chi connectivity index (χ4v) is 2.04. The molecule has 0 spiro atoms. The molecule has 2 nitrogen and oxygen atoms in total. The Labute approximate surface area is 116 Å². The Morgan fingerprint density at radius 1 is 1.33 bits per heavy atom. The predicted molar refractivity (Wildman–Crippen MR) is 78.7 cm³/mol. The van der Waals surface area contributed by atoms with Crippen molar-refractivity contribution < 1.29 is 4.74 Å². The Morgan fingerprint density at radius 3 is 2.78 bits per heavy atom. The summed E-state index contributed by atoms with van der Waals surface area (Å²) in [6.07, 6.45) is 3.96. The molecule has 0 aliphatic carbocycles.